The Morgan fingerprint density at radius 1 is 1.00 bits per heavy atom. The molecule has 3 rings (SSSR count). The topological polar surface area (TPSA) is 71.3 Å². The molecule has 1 heterocycles. The summed E-state index contributed by atoms with van der Waals surface area (Å²) in [5, 5.41) is 0. The lowest BCUT2D eigenvalue weighted by Gasteiger charge is -2.10. The van der Waals surface area contributed by atoms with Crippen molar-refractivity contribution >= 4 is 27.5 Å². The first-order valence-corrected chi connectivity index (χ1v) is 10.5. The third kappa shape index (κ3) is 4.83. The fourth-order valence-electron chi connectivity index (χ4n) is 3.11. The van der Waals surface area contributed by atoms with Crippen molar-refractivity contribution in [2.75, 3.05) is 34.5 Å². The standard InChI is InChI=1S/C22H26N2O5S/c1-5-29-13-12-24-20-17(27-3)10-11-18(28-4)21(20)30-22(24)23-19(25)14-15-6-8-16(26-2)9-7-15/h6-11H,5,12-14H2,1-4H3. The second kappa shape index (κ2) is 10.3. The van der Waals surface area contributed by atoms with Crippen LogP contribution >= 0.6 is 11.3 Å². The minimum atomic E-state index is -0.227. The zero-order chi connectivity index (χ0) is 21.5. The molecular formula is C22H26N2O5S. The molecule has 0 saturated carbocycles. The van der Waals surface area contributed by atoms with Gasteiger partial charge < -0.3 is 23.5 Å². The maximum absolute atomic E-state index is 12.7. The zero-order valence-corrected chi connectivity index (χ0v) is 18.5. The highest BCUT2D eigenvalue weighted by Crippen LogP contribution is 2.35. The van der Waals surface area contributed by atoms with Crippen molar-refractivity contribution in [3.63, 3.8) is 0 Å². The molecule has 2 aromatic carbocycles. The van der Waals surface area contributed by atoms with Crippen molar-refractivity contribution in [3.05, 3.63) is 46.8 Å². The van der Waals surface area contributed by atoms with Crippen LogP contribution in [-0.4, -0.2) is 45.0 Å². The normalized spacial score (nSPS) is 11.7. The highest BCUT2D eigenvalue weighted by Gasteiger charge is 2.16. The molecule has 0 atom stereocenters. The highest BCUT2D eigenvalue weighted by atomic mass is 32.1. The highest BCUT2D eigenvalue weighted by molar-refractivity contribution is 7.16. The number of ether oxygens (including phenoxy) is 4. The number of methoxy groups -OCH3 is 3. The molecule has 160 valence electrons. The van der Waals surface area contributed by atoms with E-state index in [0.717, 1.165) is 21.5 Å². The first-order chi connectivity index (χ1) is 14.6. The van der Waals surface area contributed by atoms with Crippen molar-refractivity contribution < 1.29 is 23.7 Å². The molecule has 30 heavy (non-hydrogen) atoms. The first kappa shape index (κ1) is 21.9. The van der Waals surface area contributed by atoms with Gasteiger partial charge in [0.2, 0.25) is 0 Å². The first-order valence-electron chi connectivity index (χ1n) is 9.63. The van der Waals surface area contributed by atoms with E-state index in [1.165, 1.54) is 11.3 Å². The van der Waals surface area contributed by atoms with Crippen LogP contribution in [0.1, 0.15) is 12.5 Å². The van der Waals surface area contributed by atoms with Crippen molar-refractivity contribution in [2.24, 2.45) is 4.99 Å². The van der Waals surface area contributed by atoms with Gasteiger partial charge in [-0.3, -0.25) is 4.79 Å². The fraction of sp³-hybridized carbons (Fsp3) is 0.364. The van der Waals surface area contributed by atoms with E-state index < -0.39 is 0 Å². The minimum absolute atomic E-state index is 0.206. The summed E-state index contributed by atoms with van der Waals surface area (Å²) in [5.41, 5.74) is 1.72. The Bertz CT molecular complexity index is 1070. The summed E-state index contributed by atoms with van der Waals surface area (Å²) in [4.78, 5) is 17.7. The zero-order valence-electron chi connectivity index (χ0n) is 17.6. The van der Waals surface area contributed by atoms with Gasteiger partial charge in [0.15, 0.2) is 4.80 Å². The molecule has 0 aliphatic carbocycles. The average molecular weight is 431 g/mol. The molecule has 0 N–H and O–H groups in total. The molecule has 1 amide bonds. The van der Waals surface area contributed by atoms with Crippen LogP contribution in [0.2, 0.25) is 0 Å². The Kier molecular flexibility index (Phi) is 7.48. The predicted molar refractivity (Wildman–Crippen MR) is 117 cm³/mol. The van der Waals surface area contributed by atoms with E-state index >= 15 is 0 Å². The van der Waals surface area contributed by atoms with Gasteiger partial charge in [-0.05, 0) is 36.8 Å². The van der Waals surface area contributed by atoms with Crippen LogP contribution in [0.5, 0.6) is 17.2 Å². The lowest BCUT2D eigenvalue weighted by molar-refractivity contribution is -0.117. The van der Waals surface area contributed by atoms with Crippen molar-refractivity contribution in [3.8, 4) is 17.2 Å². The molecule has 0 aliphatic rings. The molecule has 8 heteroatoms. The van der Waals surface area contributed by atoms with E-state index in [-0.39, 0.29) is 12.3 Å². The molecule has 0 bridgehead atoms. The quantitative estimate of drug-likeness (QED) is 0.487. The van der Waals surface area contributed by atoms with Crippen LogP contribution in [0.4, 0.5) is 0 Å². The largest absolute Gasteiger partial charge is 0.497 e. The number of thiazole rings is 1. The number of nitrogens with zero attached hydrogens (tertiary/aromatic N) is 2. The average Bonchev–Trinajstić information content (AvgIpc) is 3.11. The van der Waals surface area contributed by atoms with Gasteiger partial charge in [0, 0.05) is 13.2 Å². The van der Waals surface area contributed by atoms with Crippen LogP contribution in [0.3, 0.4) is 0 Å². The lowest BCUT2D eigenvalue weighted by Crippen LogP contribution is -2.20. The second-order valence-electron chi connectivity index (χ2n) is 6.41. The number of fused-ring (bicyclic) bond motifs is 1. The van der Waals surface area contributed by atoms with Crippen LogP contribution in [0, 0.1) is 0 Å². The summed E-state index contributed by atoms with van der Waals surface area (Å²) < 4.78 is 24.6. The lowest BCUT2D eigenvalue weighted by atomic mass is 10.1. The summed E-state index contributed by atoms with van der Waals surface area (Å²) in [7, 11) is 4.86. The molecule has 0 aliphatic heterocycles. The maximum atomic E-state index is 12.7. The van der Waals surface area contributed by atoms with Gasteiger partial charge >= 0.3 is 0 Å². The van der Waals surface area contributed by atoms with Gasteiger partial charge in [-0.15, -0.1) is 0 Å². The van der Waals surface area contributed by atoms with Crippen molar-refractivity contribution in [1.82, 2.24) is 4.57 Å². The summed E-state index contributed by atoms with van der Waals surface area (Å²) in [6.45, 7) is 3.62. The second-order valence-corrected chi connectivity index (χ2v) is 7.39. The van der Waals surface area contributed by atoms with E-state index in [0.29, 0.717) is 36.1 Å². The number of carbonyl (C=O) groups excluding carboxylic acids is 1. The van der Waals surface area contributed by atoms with E-state index in [4.69, 9.17) is 18.9 Å². The van der Waals surface area contributed by atoms with Crippen LogP contribution in [0.15, 0.2) is 41.4 Å². The summed E-state index contributed by atoms with van der Waals surface area (Å²) in [6.07, 6.45) is 0.206. The third-order valence-electron chi connectivity index (χ3n) is 4.59. The van der Waals surface area contributed by atoms with Gasteiger partial charge in [0.1, 0.15) is 27.5 Å². The molecule has 0 unspecified atom stereocenters. The SMILES string of the molecule is CCOCCn1c(=NC(=O)Cc2ccc(OC)cc2)sc2c(OC)ccc(OC)c21. The predicted octanol–water partition coefficient (Wildman–Crippen LogP) is 3.44. The number of carbonyl (C=O) groups is 1. The monoisotopic (exact) mass is 430 g/mol. The Morgan fingerprint density at radius 2 is 1.70 bits per heavy atom. The smallest absolute Gasteiger partial charge is 0.252 e. The number of amides is 1. The molecule has 3 aromatic rings. The fourth-order valence-corrected chi connectivity index (χ4v) is 4.29. The number of hydrogen-bond acceptors (Lipinski definition) is 6. The third-order valence-corrected chi connectivity index (χ3v) is 5.68. The van der Waals surface area contributed by atoms with Crippen molar-refractivity contribution in [2.45, 2.75) is 19.9 Å². The Hall–Kier alpha value is -2.84. The Morgan fingerprint density at radius 3 is 2.33 bits per heavy atom. The van der Waals surface area contributed by atoms with Gasteiger partial charge in [-0.2, -0.15) is 4.99 Å². The summed E-state index contributed by atoms with van der Waals surface area (Å²) in [6, 6.07) is 11.1. The summed E-state index contributed by atoms with van der Waals surface area (Å²) in [5.74, 6) is 1.93. The molecule has 0 radical (unpaired) electrons. The number of benzene rings is 2. The van der Waals surface area contributed by atoms with E-state index in [2.05, 4.69) is 4.99 Å². The van der Waals surface area contributed by atoms with Gasteiger partial charge in [-0.25, -0.2) is 0 Å². The van der Waals surface area contributed by atoms with Crippen LogP contribution in [0.25, 0.3) is 10.2 Å². The number of rotatable bonds is 9. The Balaban J connectivity index is 2.03. The molecule has 0 spiro atoms. The molecule has 0 saturated heterocycles. The number of aromatic nitrogens is 1. The molecule has 7 nitrogen and oxygen atoms in total. The molecule has 0 fully saturated rings. The number of hydrogen-bond donors (Lipinski definition) is 0. The van der Waals surface area contributed by atoms with Gasteiger partial charge in [0.05, 0.1) is 34.4 Å². The van der Waals surface area contributed by atoms with Gasteiger partial charge in [-0.1, -0.05) is 23.5 Å². The molecular weight excluding hydrogens is 404 g/mol. The van der Waals surface area contributed by atoms with Crippen molar-refractivity contribution in [1.29, 1.82) is 0 Å². The van der Waals surface area contributed by atoms with Crippen LogP contribution in [-0.2, 0) is 22.5 Å². The minimum Gasteiger partial charge on any atom is -0.497 e. The Labute approximate surface area is 179 Å². The van der Waals surface area contributed by atoms with Gasteiger partial charge in [0.25, 0.3) is 5.91 Å². The summed E-state index contributed by atoms with van der Waals surface area (Å²) >= 11 is 1.40. The molecule has 1 aromatic heterocycles. The van der Waals surface area contributed by atoms with E-state index in [1.807, 2.05) is 47.9 Å². The van der Waals surface area contributed by atoms with E-state index in [9.17, 15) is 4.79 Å². The maximum Gasteiger partial charge on any atom is 0.252 e. The van der Waals surface area contributed by atoms with Crippen LogP contribution < -0.4 is 19.0 Å². The van der Waals surface area contributed by atoms with E-state index in [1.54, 1.807) is 21.3 Å².